The fourth-order valence-electron chi connectivity index (χ4n) is 2.61. The van der Waals surface area contributed by atoms with E-state index >= 15 is 0 Å². The van der Waals surface area contributed by atoms with Gasteiger partial charge in [-0.15, -0.1) is 6.58 Å². The van der Waals surface area contributed by atoms with Gasteiger partial charge in [-0.2, -0.15) is 0 Å². The topological polar surface area (TPSA) is 95.9 Å². The maximum Gasteiger partial charge on any atom is 0.284 e. The Hall–Kier alpha value is -2.28. The Labute approximate surface area is 136 Å². The molecule has 0 saturated carbocycles. The van der Waals surface area contributed by atoms with Crippen molar-refractivity contribution in [2.45, 2.75) is 25.4 Å². The molecule has 1 aromatic rings. The molecule has 126 valence electrons. The average molecular weight is 319 g/mol. The maximum atomic E-state index is 11.0. The van der Waals surface area contributed by atoms with Gasteiger partial charge < -0.3 is 20.8 Å². The molecule has 0 aliphatic carbocycles. The zero-order valence-corrected chi connectivity index (χ0v) is 13.5. The maximum absolute atomic E-state index is 11.0. The molecule has 2 rings (SSSR count). The van der Waals surface area contributed by atoms with Gasteiger partial charge in [0.2, 0.25) is 0 Å². The Bertz CT molecular complexity index is 559. The lowest BCUT2D eigenvalue weighted by Crippen LogP contribution is -2.48. The first-order valence-electron chi connectivity index (χ1n) is 7.81. The Morgan fingerprint density at radius 1 is 1.52 bits per heavy atom. The van der Waals surface area contributed by atoms with Crippen LogP contribution in [0.5, 0.6) is 0 Å². The smallest absolute Gasteiger partial charge is 0.284 e. The quantitative estimate of drug-likeness (QED) is 0.407. The Morgan fingerprint density at radius 3 is 2.83 bits per heavy atom. The summed E-state index contributed by atoms with van der Waals surface area (Å²) in [7, 11) is 1.74. The third-order valence-corrected chi connectivity index (χ3v) is 3.87. The molecule has 1 amide bonds. The van der Waals surface area contributed by atoms with Gasteiger partial charge in [-0.25, -0.2) is 0 Å². The molecule has 2 heterocycles. The lowest BCUT2D eigenvalue weighted by Gasteiger charge is -2.32. The summed E-state index contributed by atoms with van der Waals surface area (Å²) in [5, 5.41) is 6.61. The van der Waals surface area contributed by atoms with Crippen molar-refractivity contribution in [3.8, 4) is 0 Å². The van der Waals surface area contributed by atoms with Crippen LogP contribution >= 0.6 is 0 Å². The number of nitrogens with one attached hydrogen (secondary N) is 2. The number of furan rings is 1. The van der Waals surface area contributed by atoms with Crippen molar-refractivity contribution in [3.05, 3.63) is 36.3 Å². The van der Waals surface area contributed by atoms with Crippen LogP contribution in [0.25, 0.3) is 0 Å². The zero-order chi connectivity index (χ0) is 16.7. The molecule has 1 aliphatic rings. The minimum atomic E-state index is -0.565. The molecule has 0 radical (unpaired) electrons. The number of aliphatic imine (C=N–C) groups is 1. The summed E-state index contributed by atoms with van der Waals surface area (Å²) in [6.45, 7) is 7.28. The zero-order valence-electron chi connectivity index (χ0n) is 13.5. The average Bonchev–Trinajstić information content (AvgIpc) is 3.02. The van der Waals surface area contributed by atoms with Gasteiger partial charge in [0.1, 0.15) is 5.76 Å². The summed E-state index contributed by atoms with van der Waals surface area (Å²) < 4.78 is 5.34. The van der Waals surface area contributed by atoms with Crippen LogP contribution in [0.1, 0.15) is 29.2 Å². The van der Waals surface area contributed by atoms with Crippen LogP contribution in [0.15, 0.2) is 34.2 Å². The number of nitrogens with two attached hydrogens (primary N) is 1. The normalized spacial score (nSPS) is 17.0. The molecule has 1 aromatic heterocycles. The summed E-state index contributed by atoms with van der Waals surface area (Å²) in [4.78, 5) is 17.6. The molecule has 1 aliphatic heterocycles. The number of hydrogen-bond donors (Lipinski definition) is 3. The summed E-state index contributed by atoms with van der Waals surface area (Å²) in [5.74, 6) is 0.969. The standard InChI is InChI=1S/C16H25N5O2/c1-3-8-21-9-6-12(7-10-21)20-16(18-2)19-11-13-4-5-14(23-13)15(17)22/h3-5,12H,1,6-11H2,2H3,(H2,17,22)(H2,18,19,20). The van der Waals surface area contributed by atoms with Crippen molar-refractivity contribution in [3.63, 3.8) is 0 Å². The third kappa shape index (κ3) is 5.14. The number of hydrogen-bond acceptors (Lipinski definition) is 4. The first-order valence-corrected chi connectivity index (χ1v) is 7.81. The summed E-state index contributed by atoms with van der Waals surface area (Å²) in [5.41, 5.74) is 5.17. The molecule has 23 heavy (non-hydrogen) atoms. The SMILES string of the molecule is C=CCN1CCC(NC(=NC)NCc2ccc(C(N)=O)o2)CC1. The van der Waals surface area contributed by atoms with E-state index in [1.807, 2.05) is 6.08 Å². The van der Waals surface area contributed by atoms with E-state index in [1.165, 1.54) is 0 Å². The van der Waals surface area contributed by atoms with E-state index in [0.717, 1.165) is 38.4 Å². The minimum Gasteiger partial charge on any atom is -0.454 e. The number of carbonyl (C=O) groups excluding carboxylic acids is 1. The fraction of sp³-hybridized carbons (Fsp3) is 0.500. The molecule has 7 heteroatoms. The van der Waals surface area contributed by atoms with Gasteiger partial charge in [-0.3, -0.25) is 14.7 Å². The number of guanidine groups is 1. The Morgan fingerprint density at radius 2 is 2.26 bits per heavy atom. The lowest BCUT2D eigenvalue weighted by molar-refractivity contribution is 0.0972. The van der Waals surface area contributed by atoms with Crippen molar-refractivity contribution in [2.75, 3.05) is 26.7 Å². The van der Waals surface area contributed by atoms with E-state index in [9.17, 15) is 4.79 Å². The third-order valence-electron chi connectivity index (χ3n) is 3.87. The van der Waals surface area contributed by atoms with Gasteiger partial charge >= 0.3 is 0 Å². The molecule has 0 atom stereocenters. The molecule has 0 unspecified atom stereocenters. The van der Waals surface area contributed by atoms with Gasteiger partial charge in [0.25, 0.3) is 5.91 Å². The van der Waals surface area contributed by atoms with Crippen LogP contribution in [0, 0.1) is 0 Å². The number of likely N-dealkylation sites (tertiary alicyclic amines) is 1. The monoisotopic (exact) mass is 319 g/mol. The van der Waals surface area contributed by atoms with Crippen LogP contribution in [-0.4, -0.2) is 49.5 Å². The van der Waals surface area contributed by atoms with Crippen molar-refractivity contribution in [2.24, 2.45) is 10.7 Å². The highest BCUT2D eigenvalue weighted by Gasteiger charge is 2.19. The van der Waals surface area contributed by atoms with Gasteiger partial charge in [0.05, 0.1) is 6.54 Å². The fourth-order valence-corrected chi connectivity index (χ4v) is 2.61. The van der Waals surface area contributed by atoms with Crippen LogP contribution in [0.4, 0.5) is 0 Å². The molecule has 1 fully saturated rings. The van der Waals surface area contributed by atoms with Crippen LogP contribution < -0.4 is 16.4 Å². The molecule has 0 aromatic carbocycles. The Kier molecular flexibility index (Phi) is 6.22. The largest absolute Gasteiger partial charge is 0.454 e. The molecular weight excluding hydrogens is 294 g/mol. The highest BCUT2D eigenvalue weighted by Crippen LogP contribution is 2.10. The number of amides is 1. The molecule has 0 spiro atoms. The second kappa shape index (κ2) is 8.38. The van der Waals surface area contributed by atoms with Crippen molar-refractivity contribution < 1.29 is 9.21 Å². The van der Waals surface area contributed by atoms with E-state index in [2.05, 4.69) is 27.1 Å². The summed E-state index contributed by atoms with van der Waals surface area (Å²) in [6, 6.07) is 3.71. The lowest BCUT2D eigenvalue weighted by atomic mass is 10.1. The molecule has 1 saturated heterocycles. The van der Waals surface area contributed by atoms with Gasteiger partial charge in [0, 0.05) is 32.7 Å². The van der Waals surface area contributed by atoms with Crippen molar-refractivity contribution >= 4 is 11.9 Å². The first kappa shape index (κ1) is 17.1. The summed E-state index contributed by atoms with van der Waals surface area (Å²) >= 11 is 0. The van der Waals surface area contributed by atoms with E-state index in [-0.39, 0.29) is 5.76 Å². The number of carbonyl (C=O) groups is 1. The minimum absolute atomic E-state index is 0.166. The van der Waals surface area contributed by atoms with E-state index < -0.39 is 5.91 Å². The summed E-state index contributed by atoms with van der Waals surface area (Å²) in [6.07, 6.45) is 4.08. The van der Waals surface area contributed by atoms with Crippen LogP contribution in [-0.2, 0) is 6.54 Å². The highest BCUT2D eigenvalue weighted by molar-refractivity contribution is 5.89. The van der Waals surface area contributed by atoms with Gasteiger partial charge in [0.15, 0.2) is 11.7 Å². The number of rotatable bonds is 6. The first-order chi connectivity index (χ1) is 11.1. The predicted molar refractivity (Wildman–Crippen MR) is 90.2 cm³/mol. The Balaban J connectivity index is 1.77. The molecule has 0 bridgehead atoms. The van der Waals surface area contributed by atoms with Crippen molar-refractivity contribution in [1.82, 2.24) is 15.5 Å². The van der Waals surface area contributed by atoms with E-state index in [0.29, 0.717) is 18.3 Å². The van der Waals surface area contributed by atoms with Gasteiger partial charge in [-0.1, -0.05) is 6.08 Å². The highest BCUT2D eigenvalue weighted by atomic mass is 16.3. The molecule has 4 N–H and O–H groups in total. The number of primary amides is 1. The predicted octanol–water partition coefficient (Wildman–Crippen LogP) is 0.694. The molecular formula is C16H25N5O2. The second-order valence-corrected chi connectivity index (χ2v) is 5.56. The van der Waals surface area contributed by atoms with Crippen molar-refractivity contribution in [1.29, 1.82) is 0 Å². The second-order valence-electron chi connectivity index (χ2n) is 5.56. The molecule has 7 nitrogen and oxygen atoms in total. The number of piperidine rings is 1. The van der Waals surface area contributed by atoms with E-state index in [1.54, 1.807) is 19.2 Å². The van der Waals surface area contributed by atoms with Crippen LogP contribution in [0.2, 0.25) is 0 Å². The van der Waals surface area contributed by atoms with Crippen LogP contribution in [0.3, 0.4) is 0 Å². The van der Waals surface area contributed by atoms with E-state index in [4.69, 9.17) is 10.2 Å². The van der Waals surface area contributed by atoms with Gasteiger partial charge in [-0.05, 0) is 25.0 Å². The number of nitrogens with zero attached hydrogens (tertiary/aromatic N) is 2.